The molecule has 0 saturated heterocycles. The van der Waals surface area contributed by atoms with Crippen molar-refractivity contribution < 1.29 is 29.0 Å². The molecule has 228 valence electrons. The average molecular weight is 587 g/mol. The summed E-state index contributed by atoms with van der Waals surface area (Å²) in [5, 5.41) is 17.7. The number of carbonyl (C=O) groups is 3. The minimum absolute atomic E-state index is 0.353. The smallest absolute Gasteiger partial charge is 0.235 e. The minimum atomic E-state index is -1.73. The zero-order chi connectivity index (χ0) is 31.5. The minimum Gasteiger partial charge on any atom is -0.490 e. The number of nitrogens with one attached hydrogen (secondary N) is 2. The standard InChI is InChI=1S/C35H42N2O6/c1-8-42-28-17-16-24(18-29(28)43-9-2)30-31(33(39)36-25-14-10-12-20(3)22(25)5)27(38)19-35(7,41)32(30)34(40)37-26-15-11-13-21(4)23(26)6/h10-18,30-32,41H,8-9,19H2,1-7H3,(H,36,39)(H,37,40). The van der Waals surface area contributed by atoms with Gasteiger partial charge in [0.15, 0.2) is 11.5 Å². The number of hydrogen-bond donors (Lipinski definition) is 3. The monoisotopic (exact) mass is 586 g/mol. The fraction of sp³-hybridized carbons (Fsp3) is 0.400. The molecule has 3 aromatic carbocycles. The molecule has 1 saturated carbocycles. The predicted octanol–water partition coefficient (Wildman–Crippen LogP) is 6.03. The lowest BCUT2D eigenvalue weighted by molar-refractivity contribution is -0.150. The highest BCUT2D eigenvalue weighted by Crippen LogP contribution is 2.48. The van der Waals surface area contributed by atoms with E-state index in [0.29, 0.717) is 41.7 Å². The quantitative estimate of drug-likeness (QED) is 0.264. The van der Waals surface area contributed by atoms with Gasteiger partial charge in [-0.2, -0.15) is 0 Å². The van der Waals surface area contributed by atoms with Crippen molar-refractivity contribution in [1.82, 2.24) is 0 Å². The van der Waals surface area contributed by atoms with Crippen molar-refractivity contribution in [3.63, 3.8) is 0 Å². The second kappa shape index (κ2) is 13.0. The van der Waals surface area contributed by atoms with Crippen LogP contribution in [0.15, 0.2) is 54.6 Å². The molecule has 4 atom stereocenters. The van der Waals surface area contributed by atoms with Gasteiger partial charge < -0.3 is 25.2 Å². The van der Waals surface area contributed by atoms with Crippen LogP contribution in [-0.4, -0.2) is 41.5 Å². The lowest BCUT2D eigenvalue weighted by Gasteiger charge is -2.44. The van der Waals surface area contributed by atoms with Crippen molar-refractivity contribution in [3.8, 4) is 11.5 Å². The van der Waals surface area contributed by atoms with Crippen LogP contribution in [0.5, 0.6) is 11.5 Å². The van der Waals surface area contributed by atoms with Gasteiger partial charge in [-0.15, -0.1) is 0 Å². The second-order valence-electron chi connectivity index (χ2n) is 11.5. The van der Waals surface area contributed by atoms with Crippen molar-refractivity contribution in [3.05, 3.63) is 82.4 Å². The fourth-order valence-corrected chi connectivity index (χ4v) is 5.96. The molecule has 1 aliphatic rings. The Labute approximate surface area is 253 Å². The van der Waals surface area contributed by atoms with Gasteiger partial charge in [0, 0.05) is 23.7 Å². The Kier molecular flexibility index (Phi) is 9.60. The van der Waals surface area contributed by atoms with E-state index >= 15 is 0 Å². The lowest BCUT2D eigenvalue weighted by Crippen LogP contribution is -2.56. The molecule has 1 aliphatic carbocycles. The molecule has 43 heavy (non-hydrogen) atoms. The molecule has 0 aromatic heterocycles. The highest BCUT2D eigenvalue weighted by molar-refractivity contribution is 6.10. The molecule has 3 N–H and O–H groups in total. The van der Waals surface area contributed by atoms with Crippen LogP contribution in [0.2, 0.25) is 0 Å². The van der Waals surface area contributed by atoms with Gasteiger partial charge in [0.05, 0.1) is 24.7 Å². The third kappa shape index (κ3) is 6.59. The van der Waals surface area contributed by atoms with Crippen LogP contribution in [0, 0.1) is 39.5 Å². The lowest BCUT2D eigenvalue weighted by atomic mass is 9.61. The number of carbonyl (C=O) groups excluding carboxylic acids is 3. The average Bonchev–Trinajstić information content (AvgIpc) is 2.94. The number of ether oxygens (including phenoxy) is 2. The number of rotatable bonds is 9. The first-order valence-electron chi connectivity index (χ1n) is 14.8. The van der Waals surface area contributed by atoms with Crippen molar-refractivity contribution in [2.75, 3.05) is 23.8 Å². The number of aliphatic hydroxyl groups is 1. The van der Waals surface area contributed by atoms with E-state index in [0.717, 1.165) is 22.3 Å². The maximum Gasteiger partial charge on any atom is 0.235 e. The maximum atomic E-state index is 14.2. The predicted molar refractivity (Wildman–Crippen MR) is 168 cm³/mol. The van der Waals surface area contributed by atoms with Gasteiger partial charge in [0.2, 0.25) is 11.8 Å². The van der Waals surface area contributed by atoms with Gasteiger partial charge in [0.25, 0.3) is 0 Å². The molecule has 2 amide bonds. The topological polar surface area (TPSA) is 114 Å². The largest absolute Gasteiger partial charge is 0.490 e. The van der Waals surface area contributed by atoms with E-state index in [1.807, 2.05) is 65.8 Å². The summed E-state index contributed by atoms with van der Waals surface area (Å²) < 4.78 is 11.6. The fourth-order valence-electron chi connectivity index (χ4n) is 5.96. The number of hydrogen-bond acceptors (Lipinski definition) is 6. The van der Waals surface area contributed by atoms with Crippen LogP contribution in [0.4, 0.5) is 11.4 Å². The molecule has 8 nitrogen and oxygen atoms in total. The van der Waals surface area contributed by atoms with E-state index in [1.54, 1.807) is 30.3 Å². The van der Waals surface area contributed by atoms with Crippen LogP contribution < -0.4 is 20.1 Å². The van der Waals surface area contributed by atoms with Crippen molar-refractivity contribution in [2.24, 2.45) is 11.8 Å². The molecule has 0 spiro atoms. The van der Waals surface area contributed by atoms with Crippen molar-refractivity contribution in [2.45, 2.75) is 66.4 Å². The number of benzene rings is 3. The Hall–Kier alpha value is -4.17. The Morgan fingerprint density at radius 2 is 1.37 bits per heavy atom. The van der Waals surface area contributed by atoms with Gasteiger partial charge in [-0.3, -0.25) is 14.4 Å². The highest BCUT2D eigenvalue weighted by Gasteiger charge is 2.56. The molecule has 4 rings (SSSR count). The Morgan fingerprint density at radius 1 is 0.837 bits per heavy atom. The Balaban J connectivity index is 1.86. The van der Waals surface area contributed by atoms with Crippen LogP contribution in [0.1, 0.15) is 60.9 Å². The summed E-state index contributed by atoms with van der Waals surface area (Å²) in [7, 11) is 0. The van der Waals surface area contributed by atoms with E-state index < -0.39 is 41.0 Å². The van der Waals surface area contributed by atoms with E-state index in [2.05, 4.69) is 10.6 Å². The first-order valence-corrected chi connectivity index (χ1v) is 14.8. The Morgan fingerprint density at radius 3 is 1.93 bits per heavy atom. The van der Waals surface area contributed by atoms with Crippen LogP contribution >= 0.6 is 0 Å². The zero-order valence-electron chi connectivity index (χ0n) is 26.0. The third-order valence-electron chi connectivity index (χ3n) is 8.51. The first kappa shape index (κ1) is 31.8. The molecule has 0 radical (unpaired) electrons. The van der Waals surface area contributed by atoms with Crippen LogP contribution in [-0.2, 0) is 14.4 Å². The van der Waals surface area contributed by atoms with Gasteiger partial charge in [-0.25, -0.2) is 0 Å². The van der Waals surface area contributed by atoms with E-state index in [4.69, 9.17) is 9.47 Å². The van der Waals surface area contributed by atoms with Gasteiger partial charge in [-0.1, -0.05) is 30.3 Å². The summed E-state index contributed by atoms with van der Waals surface area (Å²) in [6.45, 7) is 13.7. The molecule has 0 bridgehead atoms. The van der Waals surface area contributed by atoms with E-state index in [1.165, 1.54) is 6.92 Å². The normalized spacial score (nSPS) is 21.7. The summed E-state index contributed by atoms with van der Waals surface area (Å²) in [4.78, 5) is 42.0. The zero-order valence-corrected chi connectivity index (χ0v) is 26.0. The van der Waals surface area contributed by atoms with Crippen molar-refractivity contribution >= 4 is 29.0 Å². The van der Waals surface area contributed by atoms with Gasteiger partial charge in [-0.05, 0) is 101 Å². The highest BCUT2D eigenvalue weighted by atomic mass is 16.5. The Bertz CT molecular complexity index is 1530. The number of anilines is 2. The molecule has 8 heteroatoms. The van der Waals surface area contributed by atoms with Gasteiger partial charge >= 0.3 is 0 Å². The number of amides is 2. The number of ketones is 1. The first-order chi connectivity index (χ1) is 20.4. The summed E-state index contributed by atoms with van der Waals surface area (Å²) in [5.41, 5.74) is 3.74. The molecular weight excluding hydrogens is 544 g/mol. The molecule has 0 aliphatic heterocycles. The number of aryl methyl sites for hydroxylation is 2. The van der Waals surface area contributed by atoms with E-state index in [9.17, 15) is 19.5 Å². The maximum absolute atomic E-state index is 14.2. The summed E-state index contributed by atoms with van der Waals surface area (Å²) in [5.74, 6) is -3.91. The van der Waals surface area contributed by atoms with Crippen LogP contribution in [0.3, 0.4) is 0 Å². The second-order valence-corrected chi connectivity index (χ2v) is 11.5. The SMILES string of the molecule is CCOc1ccc(C2C(C(=O)Nc3cccc(C)c3C)C(=O)CC(C)(O)C2C(=O)Nc2cccc(C)c2C)cc1OCC. The number of Topliss-reactive ketones (excluding diaryl/α,β-unsaturated/α-hetero) is 1. The molecule has 4 unspecified atom stereocenters. The van der Waals surface area contributed by atoms with Crippen LogP contribution in [0.25, 0.3) is 0 Å². The summed E-state index contributed by atoms with van der Waals surface area (Å²) in [6, 6.07) is 16.3. The third-order valence-corrected chi connectivity index (χ3v) is 8.51. The molecule has 3 aromatic rings. The van der Waals surface area contributed by atoms with E-state index in [-0.39, 0.29) is 6.42 Å². The molecular formula is C35H42N2O6. The van der Waals surface area contributed by atoms with Gasteiger partial charge in [0.1, 0.15) is 11.7 Å². The summed E-state index contributed by atoms with van der Waals surface area (Å²) in [6.07, 6.45) is -0.353. The molecule has 1 fully saturated rings. The summed E-state index contributed by atoms with van der Waals surface area (Å²) >= 11 is 0. The molecule has 0 heterocycles. The van der Waals surface area contributed by atoms with Crippen molar-refractivity contribution in [1.29, 1.82) is 0 Å².